The fraction of sp³-hybridized carbons (Fsp3) is 0.500. The molecule has 0 radical (unpaired) electrons. The lowest BCUT2D eigenvalue weighted by Crippen LogP contribution is -2.45. The Balaban J connectivity index is 2.47. The molecule has 3 nitrogen and oxygen atoms in total. The first-order chi connectivity index (χ1) is 7.91. The number of aliphatic carboxylic acids is 1. The molecule has 1 aliphatic heterocycles. The van der Waals surface area contributed by atoms with Gasteiger partial charge in [-0.1, -0.05) is 18.2 Å². The maximum atomic E-state index is 11.3. The smallest absolute Gasteiger partial charge is 0.311 e. The molecule has 0 fully saturated rings. The van der Waals surface area contributed by atoms with Gasteiger partial charge in [0.2, 0.25) is 0 Å². The molecule has 1 aromatic rings. The van der Waals surface area contributed by atoms with Gasteiger partial charge in [0.1, 0.15) is 0 Å². The van der Waals surface area contributed by atoms with Crippen molar-refractivity contribution in [1.29, 1.82) is 0 Å². The van der Waals surface area contributed by atoms with Gasteiger partial charge in [0.05, 0.1) is 5.92 Å². The molecule has 17 heavy (non-hydrogen) atoms. The highest BCUT2D eigenvalue weighted by Gasteiger charge is 2.33. The van der Waals surface area contributed by atoms with E-state index in [0.29, 0.717) is 6.42 Å². The number of para-hydroxylation sites is 1. The summed E-state index contributed by atoms with van der Waals surface area (Å²) in [7, 11) is 0. The Morgan fingerprint density at radius 2 is 2.00 bits per heavy atom. The van der Waals surface area contributed by atoms with E-state index in [1.807, 2.05) is 24.3 Å². The molecular formula is C14H19NO2. The number of carboxylic acids is 1. The van der Waals surface area contributed by atoms with E-state index >= 15 is 0 Å². The first-order valence-corrected chi connectivity index (χ1v) is 6.00. The Hall–Kier alpha value is -1.51. The van der Waals surface area contributed by atoms with Crippen molar-refractivity contribution in [2.75, 3.05) is 11.4 Å². The molecule has 0 aromatic heterocycles. The highest BCUT2D eigenvalue weighted by Crippen LogP contribution is 2.38. The third-order valence-electron chi connectivity index (χ3n) is 3.35. The predicted octanol–water partition coefficient (Wildman–Crippen LogP) is 2.86. The fourth-order valence-electron chi connectivity index (χ4n) is 2.52. The molecule has 0 saturated heterocycles. The lowest BCUT2D eigenvalue weighted by atomic mass is 9.87. The van der Waals surface area contributed by atoms with E-state index in [1.165, 1.54) is 0 Å². The standard InChI is InChI=1S/C14H19NO2/c1-14(2,3)15-9-8-11(13(16)17)10-6-4-5-7-12(10)15/h4-7,11H,8-9H2,1-3H3,(H,16,17). The number of benzene rings is 1. The maximum absolute atomic E-state index is 11.3. The van der Waals surface area contributed by atoms with E-state index in [-0.39, 0.29) is 11.5 Å². The summed E-state index contributed by atoms with van der Waals surface area (Å²) in [6, 6.07) is 7.85. The average Bonchev–Trinajstić information content (AvgIpc) is 2.26. The zero-order chi connectivity index (χ0) is 12.6. The van der Waals surface area contributed by atoms with Crippen LogP contribution in [-0.4, -0.2) is 23.2 Å². The van der Waals surface area contributed by atoms with Crippen LogP contribution in [0.3, 0.4) is 0 Å². The normalized spacial score (nSPS) is 19.9. The molecule has 0 amide bonds. The van der Waals surface area contributed by atoms with Crippen molar-refractivity contribution >= 4 is 11.7 Å². The van der Waals surface area contributed by atoms with E-state index in [4.69, 9.17) is 0 Å². The molecule has 92 valence electrons. The quantitative estimate of drug-likeness (QED) is 0.810. The minimum Gasteiger partial charge on any atom is -0.481 e. The summed E-state index contributed by atoms with van der Waals surface area (Å²) in [6.07, 6.45) is 0.684. The largest absolute Gasteiger partial charge is 0.481 e. The predicted molar refractivity (Wildman–Crippen MR) is 68.5 cm³/mol. The van der Waals surface area contributed by atoms with E-state index < -0.39 is 5.97 Å². The molecule has 1 atom stereocenters. The molecule has 3 heteroatoms. The number of anilines is 1. The van der Waals surface area contributed by atoms with Gasteiger partial charge < -0.3 is 10.0 Å². The SMILES string of the molecule is CC(C)(C)N1CCC(C(=O)O)c2ccccc21. The third kappa shape index (κ3) is 2.14. The first kappa shape index (κ1) is 12.0. The lowest BCUT2D eigenvalue weighted by Gasteiger charge is -2.43. The second-order valence-electron chi connectivity index (χ2n) is 5.56. The lowest BCUT2D eigenvalue weighted by molar-refractivity contribution is -0.139. The number of nitrogens with zero attached hydrogens (tertiary/aromatic N) is 1. The summed E-state index contributed by atoms with van der Waals surface area (Å²) in [5, 5.41) is 9.26. The number of rotatable bonds is 1. The summed E-state index contributed by atoms with van der Waals surface area (Å²) < 4.78 is 0. The highest BCUT2D eigenvalue weighted by molar-refractivity contribution is 5.80. The molecule has 1 heterocycles. The van der Waals surface area contributed by atoms with Gasteiger partial charge in [-0.25, -0.2) is 0 Å². The van der Waals surface area contributed by atoms with Crippen LogP contribution in [0.5, 0.6) is 0 Å². The van der Waals surface area contributed by atoms with Gasteiger partial charge in [-0.15, -0.1) is 0 Å². The van der Waals surface area contributed by atoms with Crippen molar-refractivity contribution in [3.8, 4) is 0 Å². The van der Waals surface area contributed by atoms with E-state index in [0.717, 1.165) is 17.8 Å². The van der Waals surface area contributed by atoms with Crippen molar-refractivity contribution in [2.45, 2.75) is 38.6 Å². The number of carboxylic acid groups (broad SMARTS) is 1. The van der Waals surface area contributed by atoms with Crippen molar-refractivity contribution in [2.24, 2.45) is 0 Å². The number of carbonyl (C=O) groups is 1. The Morgan fingerprint density at radius 3 is 2.59 bits per heavy atom. The Morgan fingerprint density at radius 1 is 1.35 bits per heavy atom. The molecule has 1 aliphatic rings. The van der Waals surface area contributed by atoms with Crippen molar-refractivity contribution in [3.05, 3.63) is 29.8 Å². The van der Waals surface area contributed by atoms with Gasteiger partial charge in [-0.3, -0.25) is 4.79 Å². The van der Waals surface area contributed by atoms with Gasteiger partial charge in [0.15, 0.2) is 0 Å². The Bertz CT molecular complexity index is 434. The number of fused-ring (bicyclic) bond motifs is 1. The van der Waals surface area contributed by atoms with Crippen LogP contribution in [0.2, 0.25) is 0 Å². The van der Waals surface area contributed by atoms with Crippen LogP contribution in [0.1, 0.15) is 38.7 Å². The number of hydrogen-bond donors (Lipinski definition) is 1. The van der Waals surface area contributed by atoms with E-state index in [9.17, 15) is 9.90 Å². The molecule has 0 spiro atoms. The monoisotopic (exact) mass is 233 g/mol. The van der Waals surface area contributed by atoms with Gasteiger partial charge in [0.25, 0.3) is 0 Å². The number of hydrogen-bond acceptors (Lipinski definition) is 2. The van der Waals surface area contributed by atoms with Crippen LogP contribution < -0.4 is 4.90 Å². The van der Waals surface area contributed by atoms with Crippen LogP contribution in [0.15, 0.2) is 24.3 Å². The first-order valence-electron chi connectivity index (χ1n) is 6.00. The van der Waals surface area contributed by atoms with Crippen molar-refractivity contribution in [1.82, 2.24) is 0 Å². The third-order valence-corrected chi connectivity index (χ3v) is 3.35. The second-order valence-corrected chi connectivity index (χ2v) is 5.56. The molecule has 1 unspecified atom stereocenters. The van der Waals surface area contributed by atoms with Gasteiger partial charge in [0, 0.05) is 17.8 Å². The minimum absolute atomic E-state index is 0.0274. The van der Waals surface area contributed by atoms with E-state index in [1.54, 1.807) is 0 Å². The Kier molecular flexibility index (Phi) is 2.86. The summed E-state index contributed by atoms with van der Waals surface area (Å²) in [6.45, 7) is 7.28. The summed E-state index contributed by atoms with van der Waals surface area (Å²) >= 11 is 0. The van der Waals surface area contributed by atoms with Crippen LogP contribution in [0.4, 0.5) is 5.69 Å². The summed E-state index contributed by atoms with van der Waals surface area (Å²) in [5.41, 5.74) is 2.04. The maximum Gasteiger partial charge on any atom is 0.311 e. The van der Waals surface area contributed by atoms with E-state index in [2.05, 4.69) is 25.7 Å². The summed E-state index contributed by atoms with van der Waals surface area (Å²) in [5.74, 6) is -1.07. The molecule has 0 aliphatic carbocycles. The molecule has 2 rings (SSSR count). The average molecular weight is 233 g/mol. The topological polar surface area (TPSA) is 40.5 Å². The zero-order valence-corrected chi connectivity index (χ0v) is 10.6. The zero-order valence-electron chi connectivity index (χ0n) is 10.6. The second kappa shape index (κ2) is 4.06. The van der Waals surface area contributed by atoms with Gasteiger partial charge in [-0.2, -0.15) is 0 Å². The fourth-order valence-corrected chi connectivity index (χ4v) is 2.52. The molecule has 1 aromatic carbocycles. The highest BCUT2D eigenvalue weighted by atomic mass is 16.4. The van der Waals surface area contributed by atoms with Crippen LogP contribution in [0.25, 0.3) is 0 Å². The van der Waals surface area contributed by atoms with Crippen LogP contribution in [0, 0.1) is 0 Å². The van der Waals surface area contributed by atoms with Crippen molar-refractivity contribution in [3.63, 3.8) is 0 Å². The van der Waals surface area contributed by atoms with Crippen LogP contribution in [-0.2, 0) is 4.79 Å². The minimum atomic E-state index is -0.717. The summed E-state index contributed by atoms with van der Waals surface area (Å²) in [4.78, 5) is 13.5. The molecule has 0 saturated carbocycles. The Labute approximate surface area is 102 Å². The molecule has 0 bridgehead atoms. The molecule has 1 N–H and O–H groups in total. The van der Waals surface area contributed by atoms with Crippen molar-refractivity contribution < 1.29 is 9.90 Å². The van der Waals surface area contributed by atoms with Gasteiger partial charge >= 0.3 is 5.97 Å². The van der Waals surface area contributed by atoms with Crippen LogP contribution >= 0.6 is 0 Å². The van der Waals surface area contributed by atoms with Gasteiger partial charge in [-0.05, 0) is 38.8 Å². The molecular weight excluding hydrogens is 214 g/mol.